The SMILES string of the molecule is COc1c(F)cc(N2CCN(CC(=O)Nc3ccc4c(c3)CC(=O)C4)CC2)cc1F. The van der Waals surface area contributed by atoms with Crippen molar-refractivity contribution >= 4 is 23.1 Å². The highest BCUT2D eigenvalue weighted by atomic mass is 19.1. The highest BCUT2D eigenvalue weighted by molar-refractivity contribution is 5.93. The number of ketones is 1. The van der Waals surface area contributed by atoms with E-state index in [2.05, 4.69) is 5.32 Å². The maximum atomic E-state index is 14.0. The molecule has 0 spiro atoms. The fourth-order valence-electron chi connectivity index (χ4n) is 4.02. The standard InChI is InChI=1S/C22H23F2N3O3/c1-30-22-19(23)11-17(12-20(22)24)27-6-4-26(5-7-27)13-21(29)25-16-3-2-14-9-18(28)10-15(14)8-16/h2-3,8,11-12H,4-7,9-10,13H2,1H3,(H,25,29). The van der Waals surface area contributed by atoms with Gasteiger partial charge in [-0.1, -0.05) is 6.07 Å². The van der Waals surface area contributed by atoms with Crippen molar-refractivity contribution in [3.63, 3.8) is 0 Å². The molecule has 2 aromatic rings. The monoisotopic (exact) mass is 415 g/mol. The van der Waals surface area contributed by atoms with E-state index in [1.54, 1.807) is 0 Å². The Morgan fingerprint density at radius 1 is 1.03 bits per heavy atom. The summed E-state index contributed by atoms with van der Waals surface area (Å²) in [6, 6.07) is 8.11. The van der Waals surface area contributed by atoms with Gasteiger partial charge >= 0.3 is 0 Å². The molecule has 0 unspecified atom stereocenters. The van der Waals surface area contributed by atoms with E-state index in [9.17, 15) is 18.4 Å². The molecule has 1 N–H and O–H groups in total. The third-order valence-corrected chi connectivity index (χ3v) is 5.56. The van der Waals surface area contributed by atoms with Gasteiger partial charge < -0.3 is 15.0 Å². The zero-order chi connectivity index (χ0) is 21.3. The molecule has 6 nitrogen and oxygen atoms in total. The van der Waals surface area contributed by atoms with Gasteiger partial charge in [0.2, 0.25) is 5.91 Å². The normalized spacial score (nSPS) is 16.5. The molecule has 0 bridgehead atoms. The number of methoxy groups -OCH3 is 1. The van der Waals surface area contributed by atoms with Crippen LogP contribution in [0.5, 0.6) is 5.75 Å². The van der Waals surface area contributed by atoms with Gasteiger partial charge in [-0.25, -0.2) is 8.78 Å². The highest BCUT2D eigenvalue weighted by Crippen LogP contribution is 2.28. The van der Waals surface area contributed by atoms with Gasteiger partial charge in [-0.2, -0.15) is 0 Å². The van der Waals surface area contributed by atoms with Crippen LogP contribution in [0.4, 0.5) is 20.2 Å². The summed E-state index contributed by atoms with van der Waals surface area (Å²) in [5.41, 5.74) is 3.16. The van der Waals surface area contributed by atoms with Gasteiger partial charge in [0.25, 0.3) is 0 Å². The molecule has 1 aliphatic carbocycles. The van der Waals surface area contributed by atoms with Crippen molar-refractivity contribution in [1.82, 2.24) is 4.90 Å². The molecule has 8 heteroatoms. The van der Waals surface area contributed by atoms with Gasteiger partial charge in [0.1, 0.15) is 5.78 Å². The Balaban J connectivity index is 1.30. The van der Waals surface area contributed by atoms with Crippen LogP contribution in [0.2, 0.25) is 0 Å². The quantitative estimate of drug-likeness (QED) is 0.813. The summed E-state index contributed by atoms with van der Waals surface area (Å²) in [6.45, 7) is 2.54. The Kier molecular flexibility index (Phi) is 5.67. The second kappa shape index (κ2) is 8.39. The molecule has 30 heavy (non-hydrogen) atoms. The Morgan fingerprint density at radius 2 is 1.70 bits per heavy atom. The number of carbonyl (C=O) groups is 2. The van der Waals surface area contributed by atoms with Crippen LogP contribution >= 0.6 is 0 Å². The minimum absolute atomic E-state index is 0.130. The second-order valence-corrected chi connectivity index (χ2v) is 7.63. The predicted molar refractivity (Wildman–Crippen MR) is 109 cm³/mol. The van der Waals surface area contributed by atoms with Gasteiger partial charge in [0.05, 0.1) is 13.7 Å². The number of piperazine rings is 1. The number of halogens is 2. The first-order valence-corrected chi connectivity index (χ1v) is 9.86. The average Bonchev–Trinajstić information content (AvgIpc) is 3.07. The molecule has 1 saturated heterocycles. The molecule has 0 aromatic heterocycles. The highest BCUT2D eigenvalue weighted by Gasteiger charge is 2.22. The first kappa shape index (κ1) is 20.3. The lowest BCUT2D eigenvalue weighted by molar-refractivity contribution is -0.118. The number of Topliss-reactive ketones (excluding diaryl/α,β-unsaturated/α-hetero) is 1. The summed E-state index contributed by atoms with van der Waals surface area (Å²) < 4.78 is 32.6. The third kappa shape index (κ3) is 4.28. The Bertz CT molecular complexity index is 965. The Labute approximate surface area is 173 Å². The number of rotatable bonds is 5. The molecule has 1 aliphatic heterocycles. The number of nitrogens with one attached hydrogen (secondary N) is 1. The first-order chi connectivity index (χ1) is 14.4. The van der Waals surface area contributed by atoms with Crippen LogP contribution in [0.25, 0.3) is 0 Å². The first-order valence-electron chi connectivity index (χ1n) is 9.86. The molecule has 4 rings (SSSR count). The van der Waals surface area contributed by atoms with Gasteiger partial charge in [0.15, 0.2) is 17.4 Å². The van der Waals surface area contributed by atoms with E-state index >= 15 is 0 Å². The number of fused-ring (bicyclic) bond motifs is 1. The smallest absolute Gasteiger partial charge is 0.238 e. The summed E-state index contributed by atoms with van der Waals surface area (Å²) in [4.78, 5) is 27.8. The fourth-order valence-corrected chi connectivity index (χ4v) is 4.02. The predicted octanol–water partition coefficient (Wildman–Crippen LogP) is 2.40. The summed E-state index contributed by atoms with van der Waals surface area (Å²) in [5, 5.41) is 2.89. The Hall–Kier alpha value is -3.00. The number of anilines is 2. The molecule has 0 atom stereocenters. The third-order valence-electron chi connectivity index (χ3n) is 5.56. The molecule has 1 amide bonds. The number of benzene rings is 2. The maximum Gasteiger partial charge on any atom is 0.238 e. The average molecular weight is 415 g/mol. The Morgan fingerprint density at radius 3 is 2.37 bits per heavy atom. The molecule has 2 aromatic carbocycles. The van der Waals surface area contributed by atoms with Gasteiger partial charge in [0, 0.05) is 62.5 Å². The van der Waals surface area contributed by atoms with Crippen molar-refractivity contribution < 1.29 is 23.1 Å². The van der Waals surface area contributed by atoms with E-state index in [1.165, 1.54) is 19.2 Å². The van der Waals surface area contributed by atoms with E-state index in [0.717, 1.165) is 11.1 Å². The van der Waals surface area contributed by atoms with E-state index < -0.39 is 11.6 Å². The summed E-state index contributed by atoms with van der Waals surface area (Å²) in [6.07, 6.45) is 0.892. The van der Waals surface area contributed by atoms with Crippen molar-refractivity contribution in [2.24, 2.45) is 0 Å². The van der Waals surface area contributed by atoms with Crippen molar-refractivity contribution in [3.05, 3.63) is 53.1 Å². The lowest BCUT2D eigenvalue weighted by Gasteiger charge is -2.35. The molecule has 0 saturated carbocycles. The topological polar surface area (TPSA) is 61.9 Å². The maximum absolute atomic E-state index is 14.0. The minimum atomic E-state index is -0.731. The minimum Gasteiger partial charge on any atom is -0.491 e. The van der Waals surface area contributed by atoms with Crippen LogP contribution in [-0.2, 0) is 22.4 Å². The molecule has 1 fully saturated rings. The van der Waals surface area contributed by atoms with E-state index in [-0.39, 0.29) is 24.0 Å². The number of carbonyl (C=O) groups excluding carboxylic acids is 2. The van der Waals surface area contributed by atoms with Crippen LogP contribution in [0, 0.1) is 11.6 Å². The van der Waals surface area contributed by atoms with Crippen molar-refractivity contribution in [1.29, 1.82) is 0 Å². The number of hydrogen-bond donors (Lipinski definition) is 1. The summed E-state index contributed by atoms with van der Waals surface area (Å²) in [5.74, 6) is -1.78. The van der Waals surface area contributed by atoms with Gasteiger partial charge in [-0.3, -0.25) is 14.5 Å². The summed E-state index contributed by atoms with van der Waals surface area (Å²) >= 11 is 0. The van der Waals surface area contributed by atoms with E-state index in [1.807, 2.05) is 28.0 Å². The van der Waals surface area contributed by atoms with Crippen LogP contribution in [-0.4, -0.2) is 56.4 Å². The molecular formula is C22H23F2N3O3. The van der Waals surface area contributed by atoms with Crippen molar-refractivity contribution in [2.75, 3.05) is 50.1 Å². The van der Waals surface area contributed by atoms with Crippen LogP contribution in [0.15, 0.2) is 30.3 Å². The molecule has 0 radical (unpaired) electrons. The largest absolute Gasteiger partial charge is 0.491 e. The van der Waals surface area contributed by atoms with Crippen molar-refractivity contribution in [2.45, 2.75) is 12.8 Å². The molecule has 2 aliphatic rings. The summed E-state index contributed by atoms with van der Waals surface area (Å²) in [7, 11) is 1.23. The zero-order valence-electron chi connectivity index (χ0n) is 16.7. The van der Waals surface area contributed by atoms with Gasteiger partial charge in [-0.15, -0.1) is 0 Å². The number of ether oxygens (including phenoxy) is 1. The van der Waals surface area contributed by atoms with E-state index in [4.69, 9.17) is 4.74 Å². The molecule has 1 heterocycles. The fraction of sp³-hybridized carbons (Fsp3) is 0.364. The lowest BCUT2D eigenvalue weighted by atomic mass is 10.1. The van der Waals surface area contributed by atoms with Crippen LogP contribution in [0.1, 0.15) is 11.1 Å². The van der Waals surface area contributed by atoms with Crippen LogP contribution < -0.4 is 15.0 Å². The molecular weight excluding hydrogens is 392 g/mol. The zero-order valence-corrected chi connectivity index (χ0v) is 16.7. The second-order valence-electron chi connectivity index (χ2n) is 7.63. The van der Waals surface area contributed by atoms with E-state index in [0.29, 0.717) is 50.4 Å². The number of nitrogens with zero attached hydrogens (tertiary/aromatic N) is 2. The number of amides is 1. The van der Waals surface area contributed by atoms with Crippen molar-refractivity contribution in [3.8, 4) is 5.75 Å². The molecule has 158 valence electrons. The van der Waals surface area contributed by atoms with Crippen LogP contribution in [0.3, 0.4) is 0 Å². The number of hydrogen-bond acceptors (Lipinski definition) is 5. The van der Waals surface area contributed by atoms with Gasteiger partial charge in [-0.05, 0) is 23.3 Å². The lowest BCUT2D eigenvalue weighted by Crippen LogP contribution is -2.48.